The van der Waals surface area contributed by atoms with E-state index in [2.05, 4.69) is 15.6 Å². The van der Waals surface area contributed by atoms with Crippen LogP contribution in [0.2, 0.25) is 0 Å². The van der Waals surface area contributed by atoms with E-state index in [0.29, 0.717) is 6.54 Å². The second-order valence-corrected chi connectivity index (χ2v) is 7.01. The van der Waals surface area contributed by atoms with Gasteiger partial charge in [0.05, 0.1) is 6.04 Å². The summed E-state index contributed by atoms with van der Waals surface area (Å²) in [7, 11) is 1.87. The molecule has 0 aliphatic carbocycles. The molecule has 2 amide bonds. The minimum Gasteiger partial charge on any atom is -0.336 e. The standard InChI is InChI=1S/C19H25F2N5O/c1-13(18-22-8-10-25(18)2)23-19(27)24-14-5-4-9-26(11-14)12-15-16(20)6-3-7-17(15)21/h3,6-8,10,13-14H,4-5,9,11-12H2,1-2H3,(H2,23,24,27). The number of aromatic nitrogens is 2. The number of rotatable bonds is 5. The Morgan fingerprint density at radius 2 is 2.11 bits per heavy atom. The van der Waals surface area contributed by atoms with E-state index >= 15 is 0 Å². The fourth-order valence-corrected chi connectivity index (χ4v) is 3.51. The zero-order chi connectivity index (χ0) is 19.4. The highest BCUT2D eigenvalue weighted by Gasteiger charge is 2.24. The molecule has 1 fully saturated rings. The number of aryl methyl sites for hydroxylation is 1. The maximum absolute atomic E-state index is 13.9. The van der Waals surface area contributed by atoms with E-state index in [4.69, 9.17) is 0 Å². The number of urea groups is 1. The minimum atomic E-state index is -0.535. The van der Waals surface area contributed by atoms with Gasteiger partial charge in [0.1, 0.15) is 17.5 Å². The molecule has 0 spiro atoms. The summed E-state index contributed by atoms with van der Waals surface area (Å²) in [5.41, 5.74) is 0.0750. The molecule has 1 aliphatic rings. The molecular formula is C19H25F2N5O. The second-order valence-electron chi connectivity index (χ2n) is 7.01. The summed E-state index contributed by atoms with van der Waals surface area (Å²) in [6.07, 6.45) is 5.20. The first-order valence-corrected chi connectivity index (χ1v) is 9.13. The van der Waals surface area contributed by atoms with Gasteiger partial charge in [-0.05, 0) is 38.4 Å². The number of piperidine rings is 1. The number of carbonyl (C=O) groups excluding carboxylic acids is 1. The molecule has 3 rings (SSSR count). The van der Waals surface area contributed by atoms with Crippen LogP contribution in [0.1, 0.15) is 37.2 Å². The zero-order valence-corrected chi connectivity index (χ0v) is 15.6. The van der Waals surface area contributed by atoms with Crippen molar-refractivity contribution >= 4 is 6.03 Å². The van der Waals surface area contributed by atoms with Crippen LogP contribution in [0.3, 0.4) is 0 Å². The SMILES string of the molecule is CC(NC(=O)NC1CCCN(Cc2c(F)cccc2F)C1)c1nccn1C. The Hall–Kier alpha value is -2.48. The fourth-order valence-electron chi connectivity index (χ4n) is 3.51. The van der Waals surface area contributed by atoms with Crippen molar-refractivity contribution in [3.05, 3.63) is 53.6 Å². The summed E-state index contributed by atoms with van der Waals surface area (Å²) in [6, 6.07) is 3.34. The molecule has 1 aliphatic heterocycles. The van der Waals surface area contributed by atoms with Gasteiger partial charge in [-0.25, -0.2) is 18.6 Å². The summed E-state index contributed by atoms with van der Waals surface area (Å²) in [6.45, 7) is 3.37. The van der Waals surface area contributed by atoms with Gasteiger partial charge < -0.3 is 15.2 Å². The summed E-state index contributed by atoms with van der Waals surface area (Å²) < 4.78 is 29.6. The highest BCUT2D eigenvalue weighted by Crippen LogP contribution is 2.18. The number of halogens is 2. The third kappa shape index (κ3) is 4.82. The van der Waals surface area contributed by atoms with Crippen molar-refractivity contribution in [3.8, 4) is 0 Å². The van der Waals surface area contributed by atoms with Gasteiger partial charge in [-0.3, -0.25) is 4.90 Å². The maximum Gasteiger partial charge on any atom is 0.315 e. The first-order chi connectivity index (χ1) is 12.9. The molecular weight excluding hydrogens is 352 g/mol. The molecule has 1 saturated heterocycles. The average Bonchev–Trinajstić information content (AvgIpc) is 3.05. The summed E-state index contributed by atoms with van der Waals surface area (Å²) in [4.78, 5) is 18.5. The number of carbonyl (C=O) groups is 1. The van der Waals surface area contributed by atoms with Crippen LogP contribution < -0.4 is 10.6 Å². The number of amides is 2. The molecule has 0 radical (unpaired) electrons. The monoisotopic (exact) mass is 377 g/mol. The lowest BCUT2D eigenvalue weighted by atomic mass is 10.0. The van der Waals surface area contributed by atoms with Crippen LogP contribution >= 0.6 is 0 Å². The van der Waals surface area contributed by atoms with Crippen molar-refractivity contribution in [2.75, 3.05) is 13.1 Å². The number of nitrogens with zero attached hydrogens (tertiary/aromatic N) is 3. The van der Waals surface area contributed by atoms with Crippen molar-refractivity contribution < 1.29 is 13.6 Å². The molecule has 2 atom stereocenters. The molecule has 2 N–H and O–H groups in total. The highest BCUT2D eigenvalue weighted by atomic mass is 19.1. The number of imidazole rings is 1. The molecule has 1 aromatic heterocycles. The molecule has 8 heteroatoms. The van der Waals surface area contributed by atoms with Crippen LogP contribution in [0.5, 0.6) is 0 Å². The maximum atomic E-state index is 13.9. The molecule has 0 saturated carbocycles. The Balaban J connectivity index is 1.53. The van der Waals surface area contributed by atoms with Crippen LogP contribution in [0.25, 0.3) is 0 Å². The summed E-state index contributed by atoms with van der Waals surface area (Å²) in [5.74, 6) is -0.302. The van der Waals surface area contributed by atoms with Gasteiger partial charge in [0.15, 0.2) is 0 Å². The second kappa shape index (κ2) is 8.47. The first-order valence-electron chi connectivity index (χ1n) is 9.13. The van der Waals surface area contributed by atoms with E-state index in [9.17, 15) is 13.6 Å². The van der Waals surface area contributed by atoms with E-state index in [0.717, 1.165) is 25.2 Å². The van der Waals surface area contributed by atoms with Crippen LogP contribution in [0, 0.1) is 11.6 Å². The average molecular weight is 377 g/mol. The minimum absolute atomic E-state index is 0.0674. The Bertz CT molecular complexity index is 774. The predicted molar refractivity (Wildman–Crippen MR) is 97.9 cm³/mol. The Kier molecular flexibility index (Phi) is 6.05. The van der Waals surface area contributed by atoms with Crippen LogP contribution in [0.15, 0.2) is 30.6 Å². The van der Waals surface area contributed by atoms with Gasteiger partial charge in [0, 0.05) is 44.1 Å². The molecule has 6 nitrogen and oxygen atoms in total. The predicted octanol–water partition coefficient (Wildman–Crippen LogP) is 2.72. The molecule has 27 heavy (non-hydrogen) atoms. The van der Waals surface area contributed by atoms with E-state index in [1.165, 1.54) is 18.2 Å². The lowest BCUT2D eigenvalue weighted by molar-refractivity contribution is 0.176. The molecule has 0 bridgehead atoms. The van der Waals surface area contributed by atoms with Crippen molar-refractivity contribution in [2.24, 2.45) is 7.05 Å². The number of likely N-dealkylation sites (tertiary alicyclic amines) is 1. The fraction of sp³-hybridized carbons (Fsp3) is 0.474. The molecule has 146 valence electrons. The van der Waals surface area contributed by atoms with E-state index in [-0.39, 0.29) is 30.2 Å². The molecule has 2 heterocycles. The molecule has 2 unspecified atom stereocenters. The van der Waals surface area contributed by atoms with Gasteiger partial charge >= 0.3 is 6.03 Å². The molecule has 1 aromatic carbocycles. The van der Waals surface area contributed by atoms with E-state index < -0.39 is 11.6 Å². The normalized spacial score (nSPS) is 18.9. The summed E-state index contributed by atoms with van der Waals surface area (Å²) >= 11 is 0. The number of nitrogens with one attached hydrogen (secondary N) is 2. The zero-order valence-electron chi connectivity index (χ0n) is 15.6. The quantitative estimate of drug-likeness (QED) is 0.842. The van der Waals surface area contributed by atoms with Gasteiger partial charge in [-0.1, -0.05) is 6.07 Å². The summed E-state index contributed by atoms with van der Waals surface area (Å²) in [5, 5.41) is 5.84. The number of hydrogen-bond donors (Lipinski definition) is 2. The van der Waals surface area contributed by atoms with Crippen molar-refractivity contribution in [3.63, 3.8) is 0 Å². The third-order valence-electron chi connectivity index (χ3n) is 4.88. The number of benzene rings is 1. The van der Waals surface area contributed by atoms with Gasteiger partial charge in [0.25, 0.3) is 0 Å². The van der Waals surface area contributed by atoms with Crippen LogP contribution in [-0.4, -0.2) is 39.6 Å². The largest absolute Gasteiger partial charge is 0.336 e. The van der Waals surface area contributed by atoms with Crippen molar-refractivity contribution in [1.82, 2.24) is 25.1 Å². The Labute approximate surface area is 157 Å². The Morgan fingerprint density at radius 1 is 1.37 bits per heavy atom. The lowest BCUT2D eigenvalue weighted by Gasteiger charge is -2.33. The highest BCUT2D eigenvalue weighted by molar-refractivity contribution is 5.74. The van der Waals surface area contributed by atoms with Crippen molar-refractivity contribution in [1.29, 1.82) is 0 Å². The van der Waals surface area contributed by atoms with E-state index in [1.54, 1.807) is 6.20 Å². The van der Waals surface area contributed by atoms with Crippen LogP contribution in [0.4, 0.5) is 13.6 Å². The third-order valence-corrected chi connectivity index (χ3v) is 4.88. The molecule has 2 aromatic rings. The Morgan fingerprint density at radius 3 is 2.78 bits per heavy atom. The number of hydrogen-bond acceptors (Lipinski definition) is 3. The van der Waals surface area contributed by atoms with Gasteiger partial charge in [-0.15, -0.1) is 0 Å². The van der Waals surface area contributed by atoms with Gasteiger partial charge in [0.2, 0.25) is 0 Å². The van der Waals surface area contributed by atoms with E-state index in [1.807, 2.05) is 29.6 Å². The lowest BCUT2D eigenvalue weighted by Crippen LogP contribution is -2.50. The smallest absolute Gasteiger partial charge is 0.315 e. The van der Waals surface area contributed by atoms with Crippen LogP contribution in [-0.2, 0) is 13.6 Å². The van der Waals surface area contributed by atoms with Crippen molar-refractivity contribution in [2.45, 2.75) is 38.4 Å². The van der Waals surface area contributed by atoms with Gasteiger partial charge in [-0.2, -0.15) is 0 Å². The topological polar surface area (TPSA) is 62.2 Å². The first kappa shape index (κ1) is 19.3.